The van der Waals surface area contributed by atoms with Crippen LogP contribution in [-0.4, -0.2) is 44.9 Å². The molecule has 0 aliphatic rings. The van der Waals surface area contributed by atoms with E-state index in [0.717, 1.165) is 11.0 Å². The molecule has 0 fully saturated rings. The summed E-state index contributed by atoms with van der Waals surface area (Å²) in [6.45, 7) is 1.88. The molecule has 1 aromatic rings. The molecule has 0 heterocycles. The average molecular weight is 367 g/mol. The second-order valence-corrected chi connectivity index (χ2v) is 23.6. The largest absolute Gasteiger partial charge is 0.310 e. The highest BCUT2D eigenvalue weighted by Gasteiger charge is 2.65. The van der Waals surface area contributed by atoms with Crippen molar-refractivity contribution in [1.29, 1.82) is 0 Å². The Kier molecular flexibility index (Phi) is 5.38. The first-order valence-electron chi connectivity index (χ1n) is 6.90. The van der Waals surface area contributed by atoms with E-state index in [2.05, 4.69) is 0 Å². The van der Waals surface area contributed by atoms with E-state index >= 15 is 0 Å². The van der Waals surface area contributed by atoms with Gasteiger partial charge in [0.15, 0.2) is 0 Å². The first-order valence-corrected chi connectivity index (χ1v) is 14.2. The molecule has 0 saturated heterocycles. The molecule has 0 bridgehead atoms. The van der Waals surface area contributed by atoms with E-state index in [1.165, 1.54) is 21.3 Å². The molecule has 1 rings (SSSR count). The van der Waals surface area contributed by atoms with Crippen molar-refractivity contribution in [3.05, 3.63) is 41.3 Å². The number of hydrogen-bond acceptors (Lipinski definition) is 5. The van der Waals surface area contributed by atoms with E-state index in [4.69, 9.17) is 12.5 Å². The van der Waals surface area contributed by atoms with Crippen LogP contribution in [0, 0.1) is 0 Å². The highest BCUT2D eigenvalue weighted by atomic mass is 33.3. The zero-order valence-electron chi connectivity index (χ0n) is 13.8. The summed E-state index contributed by atoms with van der Waals surface area (Å²) in [5.74, 6) is 0.192. The minimum Gasteiger partial charge on any atom is -0.310 e. The lowest BCUT2D eigenvalue weighted by Crippen LogP contribution is -2.49. The number of benzene rings is 1. The van der Waals surface area contributed by atoms with Gasteiger partial charge in [0.1, 0.15) is 9.39 Å². The highest BCUT2D eigenvalue weighted by Crippen LogP contribution is 2.91. The number of hydrogen-bond donors (Lipinski definition) is 0. The third kappa shape index (κ3) is 2.68. The van der Waals surface area contributed by atoms with E-state index in [1.54, 1.807) is 6.08 Å². The summed E-state index contributed by atoms with van der Waals surface area (Å²) in [5.41, 5.74) is 0.783. The molecule has 0 aromatic heterocycles. The summed E-state index contributed by atoms with van der Waals surface area (Å²) >= 11 is 0. The van der Waals surface area contributed by atoms with Crippen molar-refractivity contribution in [2.75, 3.05) is 27.1 Å². The van der Waals surface area contributed by atoms with E-state index in [-0.39, 0.29) is 15.1 Å². The fourth-order valence-corrected chi connectivity index (χ4v) is 12.0. The molecule has 0 aliphatic carbocycles. The van der Waals surface area contributed by atoms with Crippen molar-refractivity contribution >= 4 is 32.0 Å². The summed E-state index contributed by atoms with van der Waals surface area (Å²) in [7, 11) is -4.35. The Bertz CT molecular complexity index is 639. The summed E-state index contributed by atoms with van der Waals surface area (Å²) in [5, 5.41) is 1.16. The molecule has 0 N–H and O–H groups in total. The van der Waals surface area contributed by atoms with Gasteiger partial charge >= 0.3 is 0 Å². The fraction of sp³-hybridized carbons (Fsp3) is 0.429. The fourth-order valence-electron chi connectivity index (χ4n) is 2.28. The van der Waals surface area contributed by atoms with Gasteiger partial charge in [-0.3, -0.25) is 0 Å². The van der Waals surface area contributed by atoms with Crippen molar-refractivity contribution in [3.63, 3.8) is 0 Å². The Balaban J connectivity index is 3.52. The molecule has 1 aromatic carbocycles. The van der Waals surface area contributed by atoms with Crippen molar-refractivity contribution < 1.29 is 21.0 Å². The zero-order valence-corrected chi connectivity index (χ0v) is 17.4. The molecular weight excluding hydrogens is 340 g/mol. The molecule has 8 heteroatoms. The minimum absolute atomic E-state index is 0.0857. The Morgan fingerprint density at radius 2 is 1.59 bits per heavy atom. The lowest BCUT2D eigenvalue weighted by atomic mass is 10.2. The van der Waals surface area contributed by atoms with Crippen molar-refractivity contribution in [1.82, 2.24) is 0 Å². The van der Waals surface area contributed by atoms with Gasteiger partial charge in [0.05, 0.1) is 21.3 Å². The normalized spacial score (nSPS) is 16.5. The molecule has 0 radical (unpaired) electrons. The van der Waals surface area contributed by atoms with Crippen LogP contribution in [-0.2, 0) is 21.4 Å². The highest BCUT2D eigenvalue weighted by molar-refractivity contribution is 9.12. The standard InChI is InChI=1S/C14H26O5S2Si/c1-5-13-21(22,17-2,18-3,19-4)20(15,16)12-11-14-9-7-6-8-10-14/h6-12H,5,13H2,1-4,22H3. The molecule has 128 valence electrons. The monoisotopic (exact) mass is 366 g/mol. The SMILES string of the molecule is CCCS([SiH3])(OC)(OC)(OC)S(=O)(=O)C=Cc1ccccc1. The Hall–Kier alpha value is -0.643. The van der Waals surface area contributed by atoms with Gasteiger partial charge in [-0.1, -0.05) is 37.3 Å². The Morgan fingerprint density at radius 3 is 2.00 bits per heavy atom. The van der Waals surface area contributed by atoms with Crippen LogP contribution in [0.3, 0.4) is 0 Å². The second kappa shape index (κ2) is 6.10. The summed E-state index contributed by atoms with van der Waals surface area (Å²) in [4.78, 5) is 0. The molecule has 0 aliphatic heterocycles. The van der Waals surface area contributed by atoms with Gasteiger partial charge in [-0.2, -0.15) is 0 Å². The van der Waals surface area contributed by atoms with Gasteiger partial charge < -0.3 is 12.5 Å². The predicted molar refractivity (Wildman–Crippen MR) is 98.1 cm³/mol. The third-order valence-corrected chi connectivity index (χ3v) is 24.9. The third-order valence-electron chi connectivity index (χ3n) is 4.12. The first kappa shape index (κ1) is 19.4. The van der Waals surface area contributed by atoms with Crippen molar-refractivity contribution in [2.45, 2.75) is 13.3 Å². The van der Waals surface area contributed by atoms with Gasteiger partial charge in [-0.05, 0) is 18.1 Å². The van der Waals surface area contributed by atoms with Crippen LogP contribution in [0.4, 0.5) is 0 Å². The molecule has 5 nitrogen and oxygen atoms in total. The van der Waals surface area contributed by atoms with Gasteiger partial charge in [0.2, 0.25) is 8.87 Å². The zero-order chi connectivity index (χ0) is 17.0. The molecule has 22 heavy (non-hydrogen) atoms. The molecule has 0 spiro atoms. The van der Waals surface area contributed by atoms with Crippen LogP contribution in [0.15, 0.2) is 35.7 Å². The molecule has 0 saturated carbocycles. The van der Waals surface area contributed by atoms with Crippen molar-refractivity contribution in [3.8, 4) is 0 Å². The van der Waals surface area contributed by atoms with Crippen molar-refractivity contribution in [2.24, 2.45) is 0 Å². The van der Waals surface area contributed by atoms with Crippen LogP contribution in [0.1, 0.15) is 18.9 Å². The van der Waals surface area contributed by atoms with Gasteiger partial charge in [0.25, 0.3) is 0 Å². The second-order valence-electron chi connectivity index (χ2n) is 5.25. The Labute approximate surface area is 134 Å². The summed E-state index contributed by atoms with van der Waals surface area (Å²) < 4.78 is 43.2. The van der Waals surface area contributed by atoms with Gasteiger partial charge in [-0.15, -0.1) is 0 Å². The van der Waals surface area contributed by atoms with E-state index < -0.39 is 16.5 Å². The lowest BCUT2D eigenvalue weighted by molar-refractivity contribution is 0.227. The molecule has 0 unspecified atom stereocenters. The van der Waals surface area contributed by atoms with Gasteiger partial charge in [0, 0.05) is 18.8 Å². The van der Waals surface area contributed by atoms with E-state index in [9.17, 15) is 8.42 Å². The van der Waals surface area contributed by atoms with Crippen LogP contribution in [0.25, 0.3) is 6.08 Å². The van der Waals surface area contributed by atoms with E-state index in [1.807, 2.05) is 37.3 Å². The molecule has 0 amide bonds. The Morgan fingerprint density at radius 1 is 1.09 bits per heavy atom. The maximum absolute atomic E-state index is 13.2. The minimum atomic E-state index is -4.57. The van der Waals surface area contributed by atoms with Crippen LogP contribution in [0.5, 0.6) is 0 Å². The van der Waals surface area contributed by atoms with Gasteiger partial charge in [-0.25, -0.2) is 8.42 Å². The van der Waals surface area contributed by atoms with Crippen LogP contribution < -0.4 is 0 Å². The van der Waals surface area contributed by atoms with E-state index in [0.29, 0.717) is 6.42 Å². The quantitative estimate of drug-likeness (QED) is 0.521. The maximum Gasteiger partial charge on any atom is 0.242 e. The summed E-state index contributed by atoms with van der Waals surface area (Å²) in [6, 6.07) is 9.21. The molecular formula is C14H26O5S2Si. The topological polar surface area (TPSA) is 61.8 Å². The van der Waals surface area contributed by atoms with Crippen LogP contribution >= 0.6 is 7.62 Å². The average Bonchev–Trinajstić information content (AvgIpc) is 2.54. The lowest BCUT2D eigenvalue weighted by Gasteiger charge is -2.71. The predicted octanol–water partition coefficient (Wildman–Crippen LogP) is 2.24. The first-order chi connectivity index (χ1) is 10.2. The number of rotatable bonds is 8. The molecule has 0 atom stereocenters. The smallest absolute Gasteiger partial charge is 0.242 e. The van der Waals surface area contributed by atoms with Crippen LogP contribution in [0.2, 0.25) is 0 Å². The summed E-state index contributed by atoms with van der Waals surface area (Å²) in [6.07, 6.45) is 2.11. The maximum atomic E-state index is 13.2.